The van der Waals surface area contributed by atoms with Gasteiger partial charge in [-0.05, 0) is 11.1 Å². The van der Waals surface area contributed by atoms with Gasteiger partial charge in [-0.15, -0.1) is 0 Å². The monoisotopic (exact) mass is 360 g/mol. The molecule has 2 aromatic carbocycles. The van der Waals surface area contributed by atoms with Crippen LogP contribution < -0.4 is 0 Å². The minimum atomic E-state index is -1.48. The van der Waals surface area contributed by atoms with Crippen molar-refractivity contribution in [1.29, 1.82) is 0 Å². The number of hydrogen-bond donors (Lipinski definition) is 3. The zero-order valence-electron chi connectivity index (χ0n) is 14.3. The van der Waals surface area contributed by atoms with Crippen LogP contribution in [0.25, 0.3) is 0 Å². The van der Waals surface area contributed by atoms with Gasteiger partial charge in [0.2, 0.25) is 0 Å². The maximum atomic E-state index is 10.3. The zero-order chi connectivity index (χ0) is 18.4. The normalized spacial score (nSPS) is 28.8. The van der Waals surface area contributed by atoms with Crippen molar-refractivity contribution in [3.8, 4) is 0 Å². The number of rotatable bonds is 7. The molecular weight excluding hydrogens is 336 g/mol. The van der Waals surface area contributed by atoms with Crippen LogP contribution in [0.3, 0.4) is 0 Å². The smallest absolute Gasteiger partial charge is 0.184 e. The van der Waals surface area contributed by atoms with E-state index in [0.29, 0.717) is 6.61 Å². The molecule has 5 unspecified atom stereocenters. The first kappa shape index (κ1) is 19.0. The van der Waals surface area contributed by atoms with Crippen LogP contribution in [0.2, 0.25) is 0 Å². The molecule has 3 rings (SSSR count). The van der Waals surface area contributed by atoms with E-state index in [9.17, 15) is 15.3 Å². The summed E-state index contributed by atoms with van der Waals surface area (Å²) < 4.78 is 16.9. The second-order valence-electron chi connectivity index (χ2n) is 6.31. The SMILES string of the molecule is OC1OC(COCc2ccccc2)C(OCc2ccccc2)C(O)C1O. The molecule has 0 aliphatic carbocycles. The van der Waals surface area contributed by atoms with E-state index in [-0.39, 0.29) is 13.2 Å². The van der Waals surface area contributed by atoms with Crippen molar-refractivity contribution >= 4 is 0 Å². The van der Waals surface area contributed by atoms with Gasteiger partial charge in [-0.2, -0.15) is 0 Å². The van der Waals surface area contributed by atoms with E-state index in [4.69, 9.17) is 14.2 Å². The average molecular weight is 360 g/mol. The first-order valence-corrected chi connectivity index (χ1v) is 8.62. The zero-order valence-corrected chi connectivity index (χ0v) is 14.3. The lowest BCUT2D eigenvalue weighted by Gasteiger charge is -2.40. The predicted molar refractivity (Wildman–Crippen MR) is 94.0 cm³/mol. The van der Waals surface area contributed by atoms with Crippen LogP contribution in [0.5, 0.6) is 0 Å². The van der Waals surface area contributed by atoms with Crippen LogP contribution in [-0.2, 0) is 27.4 Å². The molecule has 1 aliphatic heterocycles. The summed E-state index contributed by atoms with van der Waals surface area (Å²) in [5.41, 5.74) is 1.94. The van der Waals surface area contributed by atoms with Gasteiger partial charge in [0.05, 0.1) is 19.8 Å². The molecule has 26 heavy (non-hydrogen) atoms. The minimum Gasteiger partial charge on any atom is -0.387 e. The van der Waals surface area contributed by atoms with Crippen LogP contribution in [0, 0.1) is 0 Å². The summed E-state index contributed by atoms with van der Waals surface area (Å²) in [6.45, 7) is 0.750. The van der Waals surface area contributed by atoms with Gasteiger partial charge >= 0.3 is 0 Å². The van der Waals surface area contributed by atoms with E-state index in [1.54, 1.807) is 0 Å². The first-order chi connectivity index (χ1) is 12.6. The van der Waals surface area contributed by atoms with Crippen molar-refractivity contribution in [2.24, 2.45) is 0 Å². The van der Waals surface area contributed by atoms with Crippen LogP contribution in [0.1, 0.15) is 11.1 Å². The molecular formula is C20H24O6. The van der Waals surface area contributed by atoms with Gasteiger partial charge in [-0.1, -0.05) is 60.7 Å². The summed E-state index contributed by atoms with van der Waals surface area (Å²) in [4.78, 5) is 0. The largest absolute Gasteiger partial charge is 0.387 e. The van der Waals surface area contributed by atoms with Crippen molar-refractivity contribution in [3.05, 3.63) is 71.8 Å². The molecule has 0 radical (unpaired) electrons. The second kappa shape index (κ2) is 9.23. The Hall–Kier alpha value is -1.80. The van der Waals surface area contributed by atoms with Crippen LogP contribution in [0.4, 0.5) is 0 Å². The van der Waals surface area contributed by atoms with Gasteiger partial charge in [-0.25, -0.2) is 0 Å². The summed E-state index contributed by atoms with van der Waals surface area (Å²) in [6.07, 6.45) is -5.69. The molecule has 6 heteroatoms. The van der Waals surface area contributed by atoms with E-state index in [1.165, 1.54) is 0 Å². The Labute approximate surface area is 152 Å². The van der Waals surface area contributed by atoms with Crippen LogP contribution in [0.15, 0.2) is 60.7 Å². The summed E-state index contributed by atoms with van der Waals surface area (Å²) >= 11 is 0. The summed E-state index contributed by atoms with van der Waals surface area (Å²) in [5, 5.41) is 30.0. The number of aliphatic hydroxyl groups excluding tert-OH is 3. The standard InChI is InChI=1S/C20H24O6/c21-17-18(22)20(23)26-16(13-24-11-14-7-3-1-4-8-14)19(17)25-12-15-9-5-2-6-10-15/h1-10,16-23H,11-13H2. The molecule has 3 N–H and O–H groups in total. The molecule has 0 saturated carbocycles. The van der Waals surface area contributed by atoms with Gasteiger partial charge in [0.15, 0.2) is 6.29 Å². The molecule has 1 fully saturated rings. The van der Waals surface area contributed by atoms with E-state index in [1.807, 2.05) is 60.7 Å². The highest BCUT2D eigenvalue weighted by molar-refractivity contribution is 5.14. The molecule has 5 atom stereocenters. The number of hydrogen-bond acceptors (Lipinski definition) is 6. The Bertz CT molecular complexity index is 650. The fourth-order valence-corrected chi connectivity index (χ4v) is 2.89. The molecule has 1 aliphatic rings. The van der Waals surface area contributed by atoms with Crippen molar-refractivity contribution < 1.29 is 29.5 Å². The lowest BCUT2D eigenvalue weighted by atomic mass is 9.99. The summed E-state index contributed by atoms with van der Waals surface area (Å²) in [7, 11) is 0. The lowest BCUT2D eigenvalue weighted by Crippen LogP contribution is -2.59. The van der Waals surface area contributed by atoms with E-state index in [2.05, 4.69) is 0 Å². The molecule has 2 aromatic rings. The lowest BCUT2D eigenvalue weighted by molar-refractivity contribution is -0.298. The quantitative estimate of drug-likeness (QED) is 0.688. The third-order valence-corrected chi connectivity index (χ3v) is 4.34. The molecule has 6 nitrogen and oxygen atoms in total. The Balaban J connectivity index is 1.59. The number of ether oxygens (including phenoxy) is 3. The summed E-state index contributed by atoms with van der Waals surface area (Å²) in [6, 6.07) is 19.2. The highest BCUT2D eigenvalue weighted by Gasteiger charge is 2.44. The van der Waals surface area contributed by atoms with Crippen molar-refractivity contribution in [2.45, 2.75) is 43.9 Å². The van der Waals surface area contributed by atoms with Gasteiger partial charge in [-0.3, -0.25) is 0 Å². The maximum Gasteiger partial charge on any atom is 0.184 e. The van der Waals surface area contributed by atoms with E-state index in [0.717, 1.165) is 11.1 Å². The predicted octanol–water partition coefficient (Wildman–Crippen LogP) is 1.23. The van der Waals surface area contributed by atoms with E-state index < -0.39 is 30.7 Å². The van der Waals surface area contributed by atoms with Crippen molar-refractivity contribution in [1.82, 2.24) is 0 Å². The molecule has 1 heterocycles. The van der Waals surface area contributed by atoms with Crippen LogP contribution >= 0.6 is 0 Å². The van der Waals surface area contributed by atoms with Gasteiger partial charge < -0.3 is 29.5 Å². The molecule has 140 valence electrons. The number of aliphatic hydroxyl groups is 3. The summed E-state index contributed by atoms with van der Waals surface area (Å²) in [5.74, 6) is 0. The molecule has 1 saturated heterocycles. The Morgan fingerprint density at radius 2 is 1.35 bits per heavy atom. The Kier molecular flexibility index (Phi) is 6.73. The maximum absolute atomic E-state index is 10.3. The Morgan fingerprint density at radius 3 is 1.96 bits per heavy atom. The van der Waals surface area contributed by atoms with Gasteiger partial charge in [0, 0.05) is 0 Å². The van der Waals surface area contributed by atoms with Gasteiger partial charge in [0.25, 0.3) is 0 Å². The van der Waals surface area contributed by atoms with Gasteiger partial charge in [0.1, 0.15) is 24.4 Å². The van der Waals surface area contributed by atoms with Crippen molar-refractivity contribution in [3.63, 3.8) is 0 Å². The number of benzene rings is 2. The topological polar surface area (TPSA) is 88.4 Å². The van der Waals surface area contributed by atoms with E-state index >= 15 is 0 Å². The Morgan fingerprint density at radius 1 is 0.769 bits per heavy atom. The molecule has 0 amide bonds. The molecule has 0 spiro atoms. The highest BCUT2D eigenvalue weighted by Crippen LogP contribution is 2.24. The van der Waals surface area contributed by atoms with Crippen molar-refractivity contribution in [2.75, 3.05) is 6.61 Å². The fourth-order valence-electron chi connectivity index (χ4n) is 2.89. The molecule has 0 bridgehead atoms. The second-order valence-corrected chi connectivity index (χ2v) is 6.31. The minimum absolute atomic E-state index is 0.120. The molecule has 0 aromatic heterocycles. The third-order valence-electron chi connectivity index (χ3n) is 4.34. The highest BCUT2D eigenvalue weighted by atomic mass is 16.7. The third kappa shape index (κ3) is 4.88. The van der Waals surface area contributed by atoms with Crippen LogP contribution in [-0.4, -0.2) is 52.6 Å². The first-order valence-electron chi connectivity index (χ1n) is 8.62. The average Bonchev–Trinajstić information content (AvgIpc) is 2.67. The fraction of sp³-hybridized carbons (Fsp3) is 0.400.